The maximum atomic E-state index is 12.8. The summed E-state index contributed by atoms with van der Waals surface area (Å²) in [4.78, 5) is 31.6. The fourth-order valence-corrected chi connectivity index (χ4v) is 3.30. The molecule has 0 bridgehead atoms. The van der Waals surface area contributed by atoms with E-state index in [9.17, 15) is 9.59 Å². The van der Waals surface area contributed by atoms with Crippen molar-refractivity contribution in [3.63, 3.8) is 0 Å². The summed E-state index contributed by atoms with van der Waals surface area (Å²) in [5.74, 6) is 0.795. The van der Waals surface area contributed by atoms with Gasteiger partial charge in [0.05, 0.1) is 12.6 Å². The Morgan fingerprint density at radius 2 is 1.97 bits per heavy atom. The van der Waals surface area contributed by atoms with Gasteiger partial charge in [0.2, 0.25) is 5.89 Å². The Hall–Kier alpha value is -2.75. The van der Waals surface area contributed by atoms with Crippen LogP contribution in [0.4, 0.5) is 0 Å². The van der Waals surface area contributed by atoms with Crippen LogP contribution in [-0.4, -0.2) is 50.9 Å². The van der Waals surface area contributed by atoms with E-state index in [0.717, 1.165) is 29.8 Å². The van der Waals surface area contributed by atoms with Crippen molar-refractivity contribution in [1.82, 2.24) is 29.5 Å². The zero-order chi connectivity index (χ0) is 19.5. The number of piperazine rings is 1. The third-order valence-corrected chi connectivity index (χ3v) is 4.92. The molecule has 0 aliphatic carbocycles. The van der Waals surface area contributed by atoms with Crippen LogP contribution >= 0.6 is 12.4 Å². The van der Waals surface area contributed by atoms with Crippen LogP contribution in [0.1, 0.15) is 23.3 Å². The summed E-state index contributed by atoms with van der Waals surface area (Å²) in [6, 6.07) is 11.0. The average molecular weight is 419 g/mol. The lowest BCUT2D eigenvalue weighted by atomic mass is 10.2. The fourth-order valence-electron chi connectivity index (χ4n) is 3.30. The summed E-state index contributed by atoms with van der Waals surface area (Å²) in [5.41, 5.74) is 0.167. The summed E-state index contributed by atoms with van der Waals surface area (Å²) >= 11 is 0. The van der Waals surface area contributed by atoms with Crippen molar-refractivity contribution < 1.29 is 4.52 Å². The van der Waals surface area contributed by atoms with Gasteiger partial charge in [-0.05, 0) is 12.6 Å². The van der Waals surface area contributed by atoms with Crippen molar-refractivity contribution in [2.45, 2.75) is 19.1 Å². The van der Waals surface area contributed by atoms with Crippen molar-refractivity contribution in [1.29, 1.82) is 0 Å². The highest BCUT2D eigenvalue weighted by Gasteiger charge is 2.25. The van der Waals surface area contributed by atoms with Crippen molar-refractivity contribution >= 4 is 12.4 Å². The first kappa shape index (κ1) is 21.0. The standard InChI is InChI=1S/C19H22N6O3.ClH/c1-23-10-8-20-11-15(23)18-21-16(28-22-18)13-25-17(26)7-9-24(19(25)27)12-14-5-3-2-4-6-14;/h2-7,9,15,20H,8,10-13H2,1H3;1H. The minimum atomic E-state index is -0.410. The number of nitrogens with one attached hydrogen (secondary N) is 1. The van der Waals surface area contributed by atoms with Crippen LogP contribution in [0.2, 0.25) is 0 Å². The lowest BCUT2D eigenvalue weighted by molar-refractivity contribution is 0.190. The molecule has 0 spiro atoms. The molecule has 1 aliphatic rings. The third-order valence-electron chi connectivity index (χ3n) is 4.92. The van der Waals surface area contributed by atoms with Crippen molar-refractivity contribution in [2.24, 2.45) is 0 Å². The number of nitrogens with zero attached hydrogens (tertiary/aromatic N) is 5. The summed E-state index contributed by atoms with van der Waals surface area (Å²) in [5, 5.41) is 7.34. The molecule has 1 fully saturated rings. The Morgan fingerprint density at radius 1 is 1.17 bits per heavy atom. The van der Waals surface area contributed by atoms with E-state index >= 15 is 0 Å². The largest absolute Gasteiger partial charge is 0.337 e. The molecule has 1 atom stereocenters. The molecule has 0 radical (unpaired) electrons. The number of benzene rings is 1. The molecule has 2 aromatic heterocycles. The van der Waals surface area contributed by atoms with Crippen LogP contribution in [0.25, 0.3) is 0 Å². The molecule has 9 nitrogen and oxygen atoms in total. The highest BCUT2D eigenvalue weighted by Crippen LogP contribution is 2.17. The van der Waals surface area contributed by atoms with Crippen LogP contribution in [0.5, 0.6) is 0 Å². The van der Waals surface area contributed by atoms with Crippen LogP contribution in [0.15, 0.2) is 56.7 Å². The van der Waals surface area contributed by atoms with Gasteiger partial charge in [0.25, 0.3) is 5.56 Å². The summed E-state index contributed by atoms with van der Waals surface area (Å²) in [6.07, 6.45) is 1.51. The van der Waals surface area contributed by atoms with Gasteiger partial charge >= 0.3 is 5.69 Å². The molecule has 154 valence electrons. The predicted octanol–water partition coefficient (Wildman–Crippen LogP) is 0.487. The zero-order valence-corrected chi connectivity index (χ0v) is 16.8. The summed E-state index contributed by atoms with van der Waals surface area (Å²) in [6.45, 7) is 2.86. The minimum Gasteiger partial charge on any atom is -0.337 e. The first-order valence-electron chi connectivity index (χ1n) is 9.19. The van der Waals surface area contributed by atoms with Gasteiger partial charge < -0.3 is 9.84 Å². The lowest BCUT2D eigenvalue weighted by Crippen LogP contribution is -2.44. The van der Waals surface area contributed by atoms with E-state index in [0.29, 0.717) is 12.4 Å². The zero-order valence-electron chi connectivity index (χ0n) is 16.0. The number of rotatable bonds is 5. The Morgan fingerprint density at radius 3 is 2.72 bits per heavy atom. The van der Waals surface area contributed by atoms with E-state index in [1.165, 1.54) is 16.8 Å². The number of halogens is 1. The molecule has 3 heterocycles. The normalized spacial score (nSPS) is 17.1. The summed E-state index contributed by atoms with van der Waals surface area (Å²) in [7, 11) is 2.01. The van der Waals surface area contributed by atoms with Gasteiger partial charge in [-0.25, -0.2) is 4.79 Å². The molecule has 3 aromatic rings. The molecule has 10 heteroatoms. The molecule has 1 N–H and O–H groups in total. The molecule has 1 saturated heterocycles. The highest BCUT2D eigenvalue weighted by molar-refractivity contribution is 5.85. The van der Waals surface area contributed by atoms with Gasteiger partial charge in [-0.2, -0.15) is 4.98 Å². The molecule has 0 saturated carbocycles. The molecule has 29 heavy (non-hydrogen) atoms. The average Bonchev–Trinajstić information content (AvgIpc) is 3.17. The first-order chi connectivity index (χ1) is 13.6. The van der Waals surface area contributed by atoms with Gasteiger partial charge in [-0.15, -0.1) is 12.4 Å². The van der Waals surface area contributed by atoms with E-state index in [1.807, 2.05) is 37.4 Å². The molecular formula is C19H23ClN6O3. The second kappa shape index (κ2) is 9.17. The highest BCUT2D eigenvalue weighted by atomic mass is 35.5. The molecular weight excluding hydrogens is 396 g/mol. The molecule has 1 unspecified atom stereocenters. The molecule has 4 rings (SSSR count). The minimum absolute atomic E-state index is 0. The van der Waals surface area contributed by atoms with E-state index < -0.39 is 11.2 Å². The van der Waals surface area contributed by atoms with Crippen LogP contribution < -0.4 is 16.6 Å². The third kappa shape index (κ3) is 4.64. The van der Waals surface area contributed by atoms with E-state index in [-0.39, 0.29) is 30.9 Å². The fraction of sp³-hybridized carbons (Fsp3) is 0.368. The van der Waals surface area contributed by atoms with Crippen LogP contribution in [0.3, 0.4) is 0 Å². The number of hydrogen-bond donors (Lipinski definition) is 1. The smallest absolute Gasteiger partial charge is 0.331 e. The van der Waals surface area contributed by atoms with Crippen molar-refractivity contribution in [3.05, 3.63) is 80.7 Å². The SMILES string of the molecule is CN1CCNCC1c1noc(Cn2c(=O)ccn(Cc3ccccc3)c2=O)n1.Cl. The molecule has 1 aliphatic heterocycles. The van der Waals surface area contributed by atoms with Crippen molar-refractivity contribution in [2.75, 3.05) is 26.7 Å². The quantitative estimate of drug-likeness (QED) is 0.643. The second-order valence-electron chi connectivity index (χ2n) is 6.88. The number of hydrogen-bond acceptors (Lipinski definition) is 7. The van der Waals surface area contributed by atoms with Gasteiger partial charge in [-0.1, -0.05) is 35.5 Å². The number of aromatic nitrogens is 4. The van der Waals surface area contributed by atoms with Gasteiger partial charge in [0.15, 0.2) is 5.82 Å². The summed E-state index contributed by atoms with van der Waals surface area (Å²) < 4.78 is 7.92. The Kier molecular flexibility index (Phi) is 6.63. The lowest BCUT2D eigenvalue weighted by Gasteiger charge is -2.30. The Bertz CT molecular complexity index is 1060. The molecule has 1 aromatic carbocycles. The van der Waals surface area contributed by atoms with E-state index in [2.05, 4.69) is 20.4 Å². The maximum absolute atomic E-state index is 12.8. The van der Waals surface area contributed by atoms with Crippen molar-refractivity contribution in [3.8, 4) is 0 Å². The van der Waals surface area contributed by atoms with Gasteiger partial charge in [0, 0.05) is 31.9 Å². The Balaban J connectivity index is 0.00000240. The second-order valence-corrected chi connectivity index (χ2v) is 6.88. The monoisotopic (exact) mass is 418 g/mol. The first-order valence-corrected chi connectivity index (χ1v) is 9.19. The van der Waals surface area contributed by atoms with Gasteiger partial charge in [0.1, 0.15) is 6.54 Å². The molecule has 0 amide bonds. The maximum Gasteiger partial charge on any atom is 0.331 e. The van der Waals surface area contributed by atoms with E-state index in [1.54, 1.807) is 0 Å². The van der Waals surface area contributed by atoms with Gasteiger partial charge in [-0.3, -0.25) is 18.8 Å². The van der Waals surface area contributed by atoms with Crippen LogP contribution in [-0.2, 0) is 13.1 Å². The number of likely N-dealkylation sites (N-methyl/N-ethyl adjacent to an activating group) is 1. The predicted molar refractivity (Wildman–Crippen MR) is 109 cm³/mol. The van der Waals surface area contributed by atoms with Crippen LogP contribution in [0, 0.1) is 0 Å². The Labute approximate surface area is 173 Å². The van der Waals surface area contributed by atoms with E-state index in [4.69, 9.17) is 4.52 Å². The topological polar surface area (TPSA) is 98.2 Å².